The van der Waals surface area contributed by atoms with Crippen LogP contribution in [0.15, 0.2) is 0 Å². The molecular formula is C13H26ClNO. The molecule has 0 aromatic carbocycles. The van der Waals surface area contributed by atoms with Crippen molar-refractivity contribution < 1.29 is 5.11 Å². The number of aliphatic hydroxyl groups excluding tert-OH is 1. The molecule has 2 nitrogen and oxygen atoms in total. The summed E-state index contributed by atoms with van der Waals surface area (Å²) in [5.41, 5.74) is 0. The summed E-state index contributed by atoms with van der Waals surface area (Å²) in [5, 5.41) is 8.86. The average Bonchev–Trinajstić information content (AvgIpc) is 2.74. The highest BCUT2D eigenvalue weighted by Crippen LogP contribution is 2.21. The maximum absolute atomic E-state index is 8.86. The standard InChI is InChI=1S/C13H26ClNO/c14-9-3-1-2-4-10-15-11-5-7-13(15)8-6-12-16/h13,16H,1-12H2. The van der Waals surface area contributed by atoms with E-state index < -0.39 is 0 Å². The zero-order chi connectivity index (χ0) is 11.6. The maximum Gasteiger partial charge on any atom is 0.0431 e. The van der Waals surface area contributed by atoms with Gasteiger partial charge in [0, 0.05) is 18.5 Å². The minimum atomic E-state index is 0.347. The van der Waals surface area contributed by atoms with Crippen LogP contribution < -0.4 is 0 Å². The molecule has 1 heterocycles. The van der Waals surface area contributed by atoms with Gasteiger partial charge in [-0.3, -0.25) is 0 Å². The van der Waals surface area contributed by atoms with Crippen LogP contribution in [0, 0.1) is 0 Å². The Morgan fingerprint density at radius 3 is 2.69 bits per heavy atom. The number of nitrogens with zero attached hydrogens (tertiary/aromatic N) is 1. The first-order valence-electron chi connectivity index (χ1n) is 6.79. The van der Waals surface area contributed by atoms with E-state index in [4.69, 9.17) is 16.7 Å². The lowest BCUT2D eigenvalue weighted by molar-refractivity contribution is 0.213. The zero-order valence-electron chi connectivity index (χ0n) is 10.3. The second kappa shape index (κ2) is 9.26. The number of hydrogen-bond acceptors (Lipinski definition) is 2. The van der Waals surface area contributed by atoms with Gasteiger partial charge in [-0.2, -0.15) is 0 Å². The van der Waals surface area contributed by atoms with Crippen LogP contribution >= 0.6 is 11.6 Å². The van der Waals surface area contributed by atoms with E-state index in [2.05, 4.69) is 4.90 Å². The van der Waals surface area contributed by atoms with Crippen molar-refractivity contribution in [2.24, 2.45) is 0 Å². The molecule has 0 bridgehead atoms. The summed E-state index contributed by atoms with van der Waals surface area (Å²) in [6.07, 6.45) is 9.89. The lowest BCUT2D eigenvalue weighted by Gasteiger charge is -2.24. The van der Waals surface area contributed by atoms with Crippen molar-refractivity contribution in [3.05, 3.63) is 0 Å². The average molecular weight is 248 g/mol. The Labute approximate surface area is 105 Å². The lowest BCUT2D eigenvalue weighted by atomic mass is 10.1. The first-order chi connectivity index (χ1) is 7.88. The van der Waals surface area contributed by atoms with Crippen LogP contribution in [0.1, 0.15) is 51.4 Å². The van der Waals surface area contributed by atoms with Gasteiger partial charge in [0.2, 0.25) is 0 Å². The van der Waals surface area contributed by atoms with Crippen molar-refractivity contribution in [1.82, 2.24) is 4.90 Å². The molecule has 1 rings (SSSR count). The fourth-order valence-corrected chi connectivity index (χ4v) is 2.80. The number of hydrogen-bond donors (Lipinski definition) is 1. The summed E-state index contributed by atoms with van der Waals surface area (Å²) in [6, 6.07) is 0.750. The molecule has 0 aliphatic carbocycles. The molecule has 96 valence electrons. The molecular weight excluding hydrogens is 222 g/mol. The highest BCUT2D eigenvalue weighted by molar-refractivity contribution is 6.17. The maximum atomic E-state index is 8.86. The SMILES string of the molecule is OCCCC1CCCN1CCCCCCCl. The molecule has 1 N–H and O–H groups in total. The van der Waals surface area contributed by atoms with E-state index in [0.717, 1.165) is 24.8 Å². The van der Waals surface area contributed by atoms with Crippen LogP contribution in [0.2, 0.25) is 0 Å². The Balaban J connectivity index is 2.05. The summed E-state index contributed by atoms with van der Waals surface area (Å²) >= 11 is 5.65. The van der Waals surface area contributed by atoms with E-state index in [1.54, 1.807) is 0 Å². The second-order valence-electron chi connectivity index (χ2n) is 4.80. The van der Waals surface area contributed by atoms with Crippen molar-refractivity contribution in [2.75, 3.05) is 25.6 Å². The zero-order valence-corrected chi connectivity index (χ0v) is 11.1. The number of alkyl halides is 1. The molecule has 0 saturated carbocycles. The summed E-state index contributed by atoms with van der Waals surface area (Å²) in [7, 11) is 0. The Kier molecular flexibility index (Phi) is 8.26. The third kappa shape index (κ3) is 5.51. The predicted octanol–water partition coefficient (Wildman–Crippen LogP) is 3.02. The van der Waals surface area contributed by atoms with E-state index in [-0.39, 0.29) is 0 Å². The summed E-state index contributed by atoms with van der Waals surface area (Å²) in [6.45, 7) is 2.87. The lowest BCUT2D eigenvalue weighted by Crippen LogP contribution is -2.30. The van der Waals surface area contributed by atoms with Crippen LogP contribution in [-0.2, 0) is 0 Å². The van der Waals surface area contributed by atoms with Gasteiger partial charge in [0.15, 0.2) is 0 Å². The van der Waals surface area contributed by atoms with Gasteiger partial charge < -0.3 is 10.0 Å². The van der Waals surface area contributed by atoms with E-state index in [1.165, 1.54) is 51.6 Å². The monoisotopic (exact) mass is 247 g/mol. The summed E-state index contributed by atoms with van der Waals surface area (Å²) < 4.78 is 0. The smallest absolute Gasteiger partial charge is 0.0431 e. The normalized spacial score (nSPS) is 21.8. The van der Waals surface area contributed by atoms with Crippen molar-refractivity contribution in [1.29, 1.82) is 0 Å². The molecule has 1 fully saturated rings. The van der Waals surface area contributed by atoms with Gasteiger partial charge in [0.1, 0.15) is 0 Å². The quantitative estimate of drug-likeness (QED) is 0.500. The highest BCUT2D eigenvalue weighted by atomic mass is 35.5. The van der Waals surface area contributed by atoms with Crippen LogP contribution in [0.5, 0.6) is 0 Å². The number of rotatable bonds is 9. The second-order valence-corrected chi connectivity index (χ2v) is 5.18. The van der Waals surface area contributed by atoms with Crippen molar-refractivity contribution in [3.63, 3.8) is 0 Å². The largest absolute Gasteiger partial charge is 0.396 e. The highest BCUT2D eigenvalue weighted by Gasteiger charge is 2.22. The summed E-state index contributed by atoms with van der Waals surface area (Å²) in [5.74, 6) is 0.808. The third-order valence-corrected chi connectivity index (χ3v) is 3.79. The Bertz CT molecular complexity index is 166. The van der Waals surface area contributed by atoms with Crippen LogP contribution in [0.3, 0.4) is 0 Å². The van der Waals surface area contributed by atoms with Crippen LogP contribution in [0.25, 0.3) is 0 Å². The molecule has 1 aliphatic heterocycles. The molecule has 0 amide bonds. The van der Waals surface area contributed by atoms with Crippen LogP contribution in [-0.4, -0.2) is 41.6 Å². The van der Waals surface area contributed by atoms with Crippen molar-refractivity contribution >= 4 is 11.6 Å². The number of halogens is 1. The molecule has 1 atom stereocenters. The molecule has 16 heavy (non-hydrogen) atoms. The van der Waals surface area contributed by atoms with Gasteiger partial charge in [-0.25, -0.2) is 0 Å². The first kappa shape index (κ1) is 14.3. The van der Waals surface area contributed by atoms with E-state index in [1.807, 2.05) is 0 Å². The van der Waals surface area contributed by atoms with Gasteiger partial charge in [-0.15, -0.1) is 11.6 Å². The minimum Gasteiger partial charge on any atom is -0.396 e. The van der Waals surface area contributed by atoms with Gasteiger partial charge in [0.25, 0.3) is 0 Å². The minimum absolute atomic E-state index is 0.347. The van der Waals surface area contributed by atoms with Crippen molar-refractivity contribution in [2.45, 2.75) is 57.4 Å². The topological polar surface area (TPSA) is 23.5 Å². The molecule has 0 spiro atoms. The van der Waals surface area contributed by atoms with Gasteiger partial charge in [-0.1, -0.05) is 12.8 Å². The van der Waals surface area contributed by atoms with Crippen LogP contribution in [0.4, 0.5) is 0 Å². The Hall–Kier alpha value is 0.210. The molecule has 1 aliphatic rings. The molecule has 1 saturated heterocycles. The number of aliphatic hydroxyl groups is 1. The Morgan fingerprint density at radius 2 is 1.94 bits per heavy atom. The van der Waals surface area contributed by atoms with E-state index >= 15 is 0 Å². The van der Waals surface area contributed by atoms with Crippen molar-refractivity contribution in [3.8, 4) is 0 Å². The molecule has 3 heteroatoms. The molecule has 0 aromatic rings. The number of likely N-dealkylation sites (tertiary alicyclic amines) is 1. The fraction of sp³-hybridized carbons (Fsp3) is 1.00. The molecule has 0 aromatic heterocycles. The van der Waals surface area contributed by atoms with E-state index in [9.17, 15) is 0 Å². The Morgan fingerprint density at radius 1 is 1.12 bits per heavy atom. The number of unbranched alkanes of at least 4 members (excludes halogenated alkanes) is 3. The van der Waals surface area contributed by atoms with Gasteiger partial charge in [0.05, 0.1) is 0 Å². The van der Waals surface area contributed by atoms with Gasteiger partial charge in [-0.05, 0) is 51.6 Å². The van der Waals surface area contributed by atoms with E-state index in [0.29, 0.717) is 6.61 Å². The first-order valence-corrected chi connectivity index (χ1v) is 7.33. The fourth-order valence-electron chi connectivity index (χ4n) is 2.61. The van der Waals surface area contributed by atoms with Gasteiger partial charge >= 0.3 is 0 Å². The summed E-state index contributed by atoms with van der Waals surface area (Å²) in [4.78, 5) is 2.62. The third-order valence-electron chi connectivity index (χ3n) is 3.52. The predicted molar refractivity (Wildman–Crippen MR) is 70.1 cm³/mol. The molecule has 0 radical (unpaired) electrons. The molecule has 1 unspecified atom stereocenters.